The molecule has 2 aliphatic heterocycles. The number of carbonyl (C=O) groups excluding carboxylic acids is 2. The van der Waals surface area contributed by atoms with Crippen molar-refractivity contribution >= 4 is 69.7 Å². The van der Waals surface area contributed by atoms with Gasteiger partial charge in [-0.15, -0.1) is 0 Å². The van der Waals surface area contributed by atoms with Crippen LogP contribution in [0, 0.1) is 6.92 Å². The summed E-state index contributed by atoms with van der Waals surface area (Å²) in [5.41, 5.74) is 10.1. The highest BCUT2D eigenvalue weighted by Gasteiger charge is 2.24. The molecule has 2 saturated carbocycles. The number of halogens is 1. The molecule has 2 amide bonds. The molecule has 6 nitrogen and oxygen atoms in total. The molecule has 0 spiro atoms. The van der Waals surface area contributed by atoms with E-state index in [2.05, 4.69) is 78.2 Å². The van der Waals surface area contributed by atoms with Gasteiger partial charge in [0.25, 0.3) is 11.8 Å². The fourth-order valence-electron chi connectivity index (χ4n) is 8.67. The molecule has 0 aromatic heterocycles. The van der Waals surface area contributed by atoms with Gasteiger partial charge in [0.1, 0.15) is 0 Å². The Hall–Kier alpha value is -5.41. The second kappa shape index (κ2) is 19.3. The minimum atomic E-state index is -0.0176. The first-order valence-corrected chi connectivity index (χ1v) is 23.8. The van der Waals surface area contributed by atoms with Crippen molar-refractivity contribution in [2.75, 3.05) is 0 Å². The van der Waals surface area contributed by atoms with Crippen molar-refractivity contribution in [3.05, 3.63) is 177 Å². The van der Waals surface area contributed by atoms with Gasteiger partial charge in [-0.1, -0.05) is 152 Å². The van der Waals surface area contributed by atoms with Gasteiger partial charge >= 0.3 is 0 Å². The Kier molecular flexibility index (Phi) is 13.1. The third-order valence-corrected chi connectivity index (χ3v) is 14.5. The Morgan fingerprint density at radius 2 is 1.00 bits per heavy atom. The third kappa shape index (κ3) is 9.63. The van der Waals surface area contributed by atoms with Crippen molar-refractivity contribution in [2.45, 2.75) is 103 Å². The van der Waals surface area contributed by atoms with E-state index in [0.29, 0.717) is 22.2 Å². The molecule has 2 aliphatic carbocycles. The van der Waals surface area contributed by atoms with Gasteiger partial charge in [-0.05, 0) is 93.3 Å². The third-order valence-electron chi connectivity index (χ3n) is 11.9. The van der Waals surface area contributed by atoms with Gasteiger partial charge in [0, 0.05) is 70.1 Å². The fraction of sp³-hybridized carbons (Fsp3) is 0.245. The Morgan fingerprint density at radius 3 is 1.53 bits per heavy atom. The zero-order valence-electron chi connectivity index (χ0n) is 34.8. The molecule has 312 valence electrons. The second-order valence-corrected chi connectivity index (χ2v) is 19.0. The van der Waals surface area contributed by atoms with Gasteiger partial charge in [0.05, 0.1) is 22.8 Å². The number of aliphatic imine (C=N–C) groups is 2. The predicted octanol–water partition coefficient (Wildman–Crippen LogP) is 13.7. The van der Waals surface area contributed by atoms with E-state index < -0.39 is 0 Å². The minimum absolute atomic E-state index is 0.00812. The van der Waals surface area contributed by atoms with Crippen molar-refractivity contribution in [1.29, 1.82) is 0 Å². The molecule has 6 aromatic carbocycles. The largest absolute Gasteiger partial charge is 0.349 e. The van der Waals surface area contributed by atoms with Crippen LogP contribution in [-0.2, 0) is 0 Å². The summed E-state index contributed by atoms with van der Waals surface area (Å²) in [6.45, 7) is 2.10. The predicted molar refractivity (Wildman–Crippen MR) is 256 cm³/mol. The van der Waals surface area contributed by atoms with E-state index in [1.165, 1.54) is 49.0 Å². The number of fused-ring (bicyclic) bond motifs is 4. The number of hydrogen-bond acceptors (Lipinski definition) is 6. The topological polar surface area (TPSA) is 82.9 Å². The van der Waals surface area contributed by atoms with Crippen molar-refractivity contribution in [3.8, 4) is 0 Å². The standard InChI is InChI=1S/C27H26N2OS.C26H23ClN2OS/c1-18-8-7-9-19(16-18)26-22-12-5-6-13-24(22)31-25-15-14-20(17-23(25)29-26)27(30)28-21-10-3-2-4-11-21;27-21-12-6-4-10-19(21)25-20-11-5-7-13-23(20)31-24-15-14-17(16-22(24)29-25)26(30)28-18-8-2-1-3-9-18/h5-9,12-17,21H,2-4,10-11H2,1H3,(H,28,30);4-7,10-16,18H,1-3,8-9H2,(H,28,30). The molecule has 0 atom stereocenters. The zero-order chi connectivity index (χ0) is 42.4. The Morgan fingerprint density at radius 1 is 0.516 bits per heavy atom. The number of carbonyl (C=O) groups is 2. The molecule has 0 unspecified atom stereocenters. The molecular weight excluding hydrogens is 824 g/mol. The number of amides is 2. The van der Waals surface area contributed by atoms with Gasteiger partial charge in [0.15, 0.2) is 0 Å². The lowest BCUT2D eigenvalue weighted by Crippen LogP contribution is -2.36. The SMILES string of the molecule is Cc1cccc(C2=Nc3cc(C(=O)NC4CCCCC4)ccc3Sc3ccccc32)c1.O=C(NC1CCCCC1)c1ccc2c(c1)N=C(c1ccccc1Cl)c1ccccc1S2. The van der Waals surface area contributed by atoms with Gasteiger partial charge in [-0.2, -0.15) is 0 Å². The molecule has 0 radical (unpaired) electrons. The van der Waals surface area contributed by atoms with Crippen LogP contribution in [0.4, 0.5) is 11.4 Å². The summed E-state index contributed by atoms with van der Waals surface area (Å²) in [5.74, 6) is -0.00952. The molecule has 62 heavy (non-hydrogen) atoms. The summed E-state index contributed by atoms with van der Waals surface area (Å²) in [6.07, 6.45) is 11.6. The molecule has 6 aromatic rings. The summed E-state index contributed by atoms with van der Waals surface area (Å²) in [4.78, 5) is 40.4. The lowest BCUT2D eigenvalue weighted by molar-refractivity contribution is 0.0919. The summed E-state index contributed by atoms with van der Waals surface area (Å²) >= 11 is 9.93. The lowest BCUT2D eigenvalue weighted by atomic mass is 9.95. The van der Waals surface area contributed by atoms with E-state index in [4.69, 9.17) is 21.6 Å². The average molecular weight is 874 g/mol. The minimum Gasteiger partial charge on any atom is -0.349 e. The summed E-state index contributed by atoms with van der Waals surface area (Å²) in [7, 11) is 0. The van der Waals surface area contributed by atoms with E-state index in [-0.39, 0.29) is 17.9 Å². The first kappa shape index (κ1) is 41.9. The van der Waals surface area contributed by atoms with Crippen LogP contribution in [0.2, 0.25) is 5.02 Å². The van der Waals surface area contributed by atoms with Gasteiger partial charge in [-0.25, -0.2) is 9.98 Å². The van der Waals surface area contributed by atoms with Crippen LogP contribution in [-0.4, -0.2) is 35.3 Å². The fourth-order valence-corrected chi connectivity index (χ4v) is 10.9. The number of benzene rings is 6. The molecule has 2 heterocycles. The highest BCUT2D eigenvalue weighted by Crippen LogP contribution is 2.43. The van der Waals surface area contributed by atoms with E-state index in [1.807, 2.05) is 72.8 Å². The monoisotopic (exact) mass is 872 g/mol. The molecule has 0 bridgehead atoms. The van der Waals surface area contributed by atoms with Crippen molar-refractivity contribution < 1.29 is 9.59 Å². The summed E-state index contributed by atoms with van der Waals surface area (Å²) in [5, 5.41) is 7.10. The van der Waals surface area contributed by atoms with Gasteiger partial charge < -0.3 is 10.6 Å². The van der Waals surface area contributed by atoms with E-state index in [9.17, 15) is 9.59 Å². The molecule has 10 rings (SSSR count). The van der Waals surface area contributed by atoms with Crippen LogP contribution in [0.5, 0.6) is 0 Å². The number of nitrogens with zero attached hydrogens (tertiary/aromatic N) is 2. The molecule has 0 saturated heterocycles. The maximum atomic E-state index is 12.9. The first-order valence-electron chi connectivity index (χ1n) is 21.8. The molecule has 4 aliphatic rings. The van der Waals surface area contributed by atoms with Crippen LogP contribution in [0.25, 0.3) is 0 Å². The lowest BCUT2D eigenvalue weighted by Gasteiger charge is -2.22. The van der Waals surface area contributed by atoms with Crippen molar-refractivity contribution in [2.24, 2.45) is 9.98 Å². The highest BCUT2D eigenvalue weighted by atomic mass is 35.5. The normalized spacial score (nSPS) is 16.0. The molecule has 2 fully saturated rings. The van der Waals surface area contributed by atoms with Crippen LogP contribution in [0.1, 0.15) is 113 Å². The molecule has 9 heteroatoms. The smallest absolute Gasteiger partial charge is 0.251 e. The van der Waals surface area contributed by atoms with Crippen LogP contribution in [0.3, 0.4) is 0 Å². The average Bonchev–Trinajstić information content (AvgIpc) is 3.57. The highest BCUT2D eigenvalue weighted by molar-refractivity contribution is 7.99. The number of aryl methyl sites for hydroxylation is 1. The van der Waals surface area contributed by atoms with Crippen molar-refractivity contribution in [3.63, 3.8) is 0 Å². The number of nitrogens with one attached hydrogen (secondary N) is 2. The van der Waals surface area contributed by atoms with E-state index in [0.717, 1.165) is 85.4 Å². The van der Waals surface area contributed by atoms with Gasteiger partial charge in [-0.3, -0.25) is 9.59 Å². The van der Waals surface area contributed by atoms with Gasteiger partial charge in [0.2, 0.25) is 0 Å². The quantitative estimate of drug-likeness (QED) is 0.174. The maximum Gasteiger partial charge on any atom is 0.251 e. The number of hydrogen-bond donors (Lipinski definition) is 2. The second-order valence-electron chi connectivity index (χ2n) is 16.4. The summed E-state index contributed by atoms with van der Waals surface area (Å²) in [6, 6.07) is 45.2. The van der Waals surface area contributed by atoms with Crippen LogP contribution < -0.4 is 10.6 Å². The Labute approximate surface area is 378 Å². The Balaban J connectivity index is 0.000000158. The molecule has 2 N–H and O–H groups in total. The maximum absolute atomic E-state index is 12.9. The van der Waals surface area contributed by atoms with E-state index in [1.54, 1.807) is 23.5 Å². The van der Waals surface area contributed by atoms with Crippen LogP contribution in [0.15, 0.2) is 163 Å². The zero-order valence-corrected chi connectivity index (χ0v) is 37.2. The van der Waals surface area contributed by atoms with E-state index >= 15 is 0 Å². The number of rotatable bonds is 6. The van der Waals surface area contributed by atoms with Crippen molar-refractivity contribution in [1.82, 2.24) is 10.6 Å². The summed E-state index contributed by atoms with van der Waals surface area (Å²) < 4.78 is 0. The molecular formula is C53H49ClN4O2S2. The van der Waals surface area contributed by atoms with Crippen LogP contribution >= 0.6 is 35.1 Å². The first-order chi connectivity index (χ1) is 30.4. The Bertz CT molecular complexity index is 2700.